The number of carbonyl (C=O) groups is 1. The molecule has 2 unspecified atom stereocenters. The van der Waals surface area contributed by atoms with Gasteiger partial charge in [-0.3, -0.25) is 15.0 Å². The van der Waals surface area contributed by atoms with Gasteiger partial charge < -0.3 is 5.11 Å². The van der Waals surface area contributed by atoms with Gasteiger partial charge in [0.1, 0.15) is 5.54 Å². The van der Waals surface area contributed by atoms with Crippen molar-refractivity contribution in [3.05, 3.63) is 0 Å². The first-order chi connectivity index (χ1) is 9.74. The summed E-state index contributed by atoms with van der Waals surface area (Å²) in [5.41, 5.74) is -0.355. The molecule has 2 fully saturated rings. The van der Waals surface area contributed by atoms with Crippen LogP contribution in [0.4, 0.5) is 0 Å². The van der Waals surface area contributed by atoms with Crippen molar-refractivity contribution in [3.63, 3.8) is 0 Å². The Hall–Kier alpha value is -0.610. The second-order valence-electron chi connectivity index (χ2n) is 8.17. The van der Waals surface area contributed by atoms with Gasteiger partial charge in [-0.05, 0) is 64.3 Å². The van der Waals surface area contributed by atoms with E-state index >= 15 is 0 Å². The number of hydrogen-bond donors (Lipinski definition) is 2. The van der Waals surface area contributed by atoms with Crippen LogP contribution < -0.4 is 5.32 Å². The Kier molecular flexibility index (Phi) is 4.99. The summed E-state index contributed by atoms with van der Waals surface area (Å²) in [7, 11) is 0. The van der Waals surface area contributed by atoms with Crippen LogP contribution in [0.1, 0.15) is 66.2 Å². The molecule has 0 spiro atoms. The van der Waals surface area contributed by atoms with Gasteiger partial charge in [0.25, 0.3) is 0 Å². The smallest absolute Gasteiger partial charge is 0.323 e. The number of rotatable bonds is 4. The van der Waals surface area contributed by atoms with Crippen molar-refractivity contribution in [2.24, 2.45) is 5.41 Å². The quantitative estimate of drug-likeness (QED) is 0.837. The molecule has 122 valence electrons. The molecule has 21 heavy (non-hydrogen) atoms. The Morgan fingerprint density at radius 2 is 2.00 bits per heavy atom. The van der Waals surface area contributed by atoms with Crippen molar-refractivity contribution in [3.8, 4) is 0 Å². The van der Waals surface area contributed by atoms with Gasteiger partial charge in [-0.15, -0.1) is 0 Å². The lowest BCUT2D eigenvalue weighted by Gasteiger charge is -2.47. The SMILES string of the molecule is CC(C)NC1(C(=O)O)CCCC(N2CCCC(C)(C)C2)C1. The van der Waals surface area contributed by atoms with E-state index < -0.39 is 11.5 Å². The van der Waals surface area contributed by atoms with Crippen LogP contribution in [0.25, 0.3) is 0 Å². The summed E-state index contributed by atoms with van der Waals surface area (Å²) in [5.74, 6) is -0.669. The number of nitrogens with one attached hydrogen (secondary N) is 1. The van der Waals surface area contributed by atoms with Gasteiger partial charge in [-0.25, -0.2) is 0 Å². The van der Waals surface area contributed by atoms with Crippen molar-refractivity contribution >= 4 is 5.97 Å². The van der Waals surface area contributed by atoms with Gasteiger partial charge in [-0.1, -0.05) is 13.8 Å². The standard InChI is InChI=1S/C17H32N2O2/c1-13(2)18-17(15(20)21)9-5-7-14(11-17)19-10-6-8-16(3,4)12-19/h13-14,18H,5-12H2,1-4H3,(H,20,21). The summed E-state index contributed by atoms with van der Waals surface area (Å²) in [6, 6.07) is 0.623. The van der Waals surface area contributed by atoms with Crippen LogP contribution in [0.5, 0.6) is 0 Å². The molecule has 0 aromatic rings. The summed E-state index contributed by atoms with van der Waals surface area (Å²) in [6.45, 7) is 11.0. The highest BCUT2D eigenvalue weighted by atomic mass is 16.4. The van der Waals surface area contributed by atoms with Crippen LogP contribution in [0.2, 0.25) is 0 Å². The zero-order valence-electron chi connectivity index (χ0n) is 14.1. The molecule has 2 rings (SSSR count). The van der Waals surface area contributed by atoms with E-state index in [9.17, 15) is 9.90 Å². The maximum Gasteiger partial charge on any atom is 0.323 e. The predicted molar refractivity (Wildman–Crippen MR) is 85.5 cm³/mol. The van der Waals surface area contributed by atoms with Crippen LogP contribution in [-0.4, -0.2) is 46.7 Å². The molecule has 0 bridgehead atoms. The molecule has 1 aliphatic heterocycles. The van der Waals surface area contributed by atoms with E-state index in [2.05, 4.69) is 24.1 Å². The van der Waals surface area contributed by atoms with Gasteiger partial charge >= 0.3 is 5.97 Å². The summed E-state index contributed by atoms with van der Waals surface area (Å²) in [5, 5.41) is 13.1. The number of aliphatic carboxylic acids is 1. The highest BCUT2D eigenvalue weighted by molar-refractivity contribution is 5.79. The van der Waals surface area contributed by atoms with Crippen molar-refractivity contribution in [2.75, 3.05) is 13.1 Å². The minimum absolute atomic E-state index is 0.206. The Labute approximate surface area is 129 Å². The molecule has 0 amide bonds. The molecule has 4 heteroatoms. The summed E-state index contributed by atoms with van der Waals surface area (Å²) >= 11 is 0. The minimum atomic E-state index is -0.724. The number of piperidine rings is 1. The third-order valence-electron chi connectivity index (χ3n) is 5.15. The monoisotopic (exact) mass is 296 g/mol. The highest BCUT2D eigenvalue weighted by Crippen LogP contribution is 2.36. The van der Waals surface area contributed by atoms with E-state index in [0.29, 0.717) is 11.5 Å². The molecule has 4 nitrogen and oxygen atoms in total. The predicted octanol–water partition coefficient (Wildman–Crippen LogP) is 2.87. The van der Waals surface area contributed by atoms with Crippen LogP contribution in [0, 0.1) is 5.41 Å². The van der Waals surface area contributed by atoms with Crippen molar-refractivity contribution < 1.29 is 9.90 Å². The second kappa shape index (κ2) is 6.25. The number of hydrogen-bond acceptors (Lipinski definition) is 3. The van der Waals surface area contributed by atoms with E-state index in [1.165, 1.54) is 12.8 Å². The lowest BCUT2D eigenvalue weighted by atomic mass is 9.76. The van der Waals surface area contributed by atoms with Gasteiger partial charge in [-0.2, -0.15) is 0 Å². The first kappa shape index (κ1) is 16.8. The normalized spacial score (nSPS) is 34.0. The third-order valence-corrected chi connectivity index (χ3v) is 5.15. The molecule has 0 aromatic heterocycles. The number of nitrogens with zero attached hydrogens (tertiary/aromatic N) is 1. The maximum atomic E-state index is 11.9. The summed E-state index contributed by atoms with van der Waals surface area (Å²) in [6.07, 6.45) is 6.18. The largest absolute Gasteiger partial charge is 0.480 e. The molecule has 1 aliphatic carbocycles. The van der Waals surface area contributed by atoms with Crippen molar-refractivity contribution in [1.82, 2.24) is 10.2 Å². The Bertz CT molecular complexity index is 381. The maximum absolute atomic E-state index is 11.9. The Balaban J connectivity index is 2.10. The molecular formula is C17H32N2O2. The zero-order valence-corrected chi connectivity index (χ0v) is 14.1. The van der Waals surface area contributed by atoms with Crippen LogP contribution in [0.3, 0.4) is 0 Å². The highest BCUT2D eigenvalue weighted by Gasteiger charge is 2.45. The lowest BCUT2D eigenvalue weighted by Crippen LogP contribution is -2.61. The molecule has 2 aliphatic rings. The van der Waals surface area contributed by atoms with Crippen molar-refractivity contribution in [2.45, 2.75) is 83.8 Å². The lowest BCUT2D eigenvalue weighted by molar-refractivity contribution is -0.148. The molecular weight excluding hydrogens is 264 g/mol. The fraction of sp³-hybridized carbons (Fsp3) is 0.941. The molecule has 0 aromatic carbocycles. The van der Waals surface area contributed by atoms with Gasteiger partial charge in [0, 0.05) is 18.6 Å². The summed E-state index contributed by atoms with van der Waals surface area (Å²) < 4.78 is 0. The molecule has 1 heterocycles. The zero-order chi connectivity index (χ0) is 15.7. The average molecular weight is 296 g/mol. The fourth-order valence-electron chi connectivity index (χ4n) is 4.28. The van der Waals surface area contributed by atoms with E-state index in [4.69, 9.17) is 0 Å². The van der Waals surface area contributed by atoms with Crippen molar-refractivity contribution in [1.29, 1.82) is 0 Å². The fourth-order valence-corrected chi connectivity index (χ4v) is 4.28. The molecule has 0 radical (unpaired) electrons. The topological polar surface area (TPSA) is 52.6 Å². The Morgan fingerprint density at radius 1 is 1.29 bits per heavy atom. The number of carboxylic acids is 1. The van der Waals surface area contributed by atoms with Gasteiger partial charge in [0.15, 0.2) is 0 Å². The molecule has 1 saturated heterocycles. The van der Waals surface area contributed by atoms with Crippen LogP contribution in [-0.2, 0) is 4.79 Å². The van der Waals surface area contributed by atoms with Gasteiger partial charge in [0.05, 0.1) is 0 Å². The van der Waals surface area contributed by atoms with E-state index in [1.54, 1.807) is 0 Å². The number of likely N-dealkylation sites (tertiary alicyclic amines) is 1. The molecule has 2 atom stereocenters. The van der Waals surface area contributed by atoms with E-state index in [0.717, 1.165) is 38.8 Å². The average Bonchev–Trinajstić information content (AvgIpc) is 2.36. The Morgan fingerprint density at radius 3 is 2.57 bits per heavy atom. The van der Waals surface area contributed by atoms with E-state index in [1.807, 2.05) is 13.8 Å². The minimum Gasteiger partial charge on any atom is -0.480 e. The first-order valence-electron chi connectivity index (χ1n) is 8.49. The second-order valence-corrected chi connectivity index (χ2v) is 8.17. The molecule has 1 saturated carbocycles. The molecule has 2 N–H and O–H groups in total. The summed E-state index contributed by atoms with van der Waals surface area (Å²) in [4.78, 5) is 14.4. The first-order valence-corrected chi connectivity index (χ1v) is 8.49. The van der Waals surface area contributed by atoms with E-state index in [-0.39, 0.29) is 6.04 Å². The van der Waals surface area contributed by atoms with Gasteiger partial charge in [0.2, 0.25) is 0 Å². The van der Waals surface area contributed by atoms with Crippen LogP contribution in [0.15, 0.2) is 0 Å². The number of carboxylic acid groups (broad SMARTS) is 1. The third kappa shape index (κ3) is 3.98. The van der Waals surface area contributed by atoms with Crippen LogP contribution >= 0.6 is 0 Å².